The normalized spacial score (nSPS) is 10.4. The van der Waals surface area contributed by atoms with Gasteiger partial charge in [0.15, 0.2) is 0 Å². The molecule has 0 aliphatic carbocycles. The molecule has 0 unspecified atom stereocenters. The molecule has 0 fully saturated rings. The van der Waals surface area contributed by atoms with Crippen molar-refractivity contribution in [2.24, 2.45) is 0 Å². The summed E-state index contributed by atoms with van der Waals surface area (Å²) in [5.41, 5.74) is 2.70. The molecule has 0 aromatic heterocycles. The smallest absolute Gasteiger partial charge is 0.125 e. The molecular formula is C14H12Cl2FN. The molecule has 0 spiro atoms. The Labute approximate surface area is 116 Å². The van der Waals surface area contributed by atoms with Crippen LogP contribution in [-0.4, -0.2) is 0 Å². The maximum atomic E-state index is 13.2. The quantitative estimate of drug-likeness (QED) is 0.831. The molecule has 0 amide bonds. The van der Waals surface area contributed by atoms with E-state index in [9.17, 15) is 4.39 Å². The number of hydrogen-bond donors (Lipinski definition) is 1. The highest BCUT2D eigenvalue weighted by atomic mass is 35.5. The fraction of sp³-hybridized carbons (Fsp3) is 0.143. The molecule has 1 nitrogen and oxygen atoms in total. The van der Waals surface area contributed by atoms with Crippen molar-refractivity contribution in [1.82, 2.24) is 0 Å². The Morgan fingerprint density at radius 1 is 1.17 bits per heavy atom. The van der Waals surface area contributed by atoms with Crippen LogP contribution >= 0.6 is 23.2 Å². The second kappa shape index (κ2) is 5.59. The third-order valence-corrected chi connectivity index (χ3v) is 3.30. The van der Waals surface area contributed by atoms with Gasteiger partial charge in [0.05, 0.1) is 0 Å². The summed E-state index contributed by atoms with van der Waals surface area (Å²) in [5, 5.41) is 4.32. The molecule has 2 aromatic carbocycles. The fourth-order valence-corrected chi connectivity index (χ4v) is 2.13. The summed E-state index contributed by atoms with van der Waals surface area (Å²) in [4.78, 5) is 0. The minimum Gasteiger partial charge on any atom is -0.381 e. The van der Waals surface area contributed by atoms with Crippen molar-refractivity contribution in [3.05, 3.63) is 63.4 Å². The third-order valence-electron chi connectivity index (χ3n) is 2.67. The zero-order chi connectivity index (χ0) is 13.1. The van der Waals surface area contributed by atoms with E-state index in [1.54, 1.807) is 6.07 Å². The summed E-state index contributed by atoms with van der Waals surface area (Å²) in [6.45, 7) is 2.43. The maximum absolute atomic E-state index is 13.2. The second-order valence-electron chi connectivity index (χ2n) is 4.04. The highest BCUT2D eigenvalue weighted by Gasteiger charge is 2.03. The predicted molar refractivity (Wildman–Crippen MR) is 74.9 cm³/mol. The SMILES string of the molecule is Cc1c(Cl)cccc1NCc1cc(F)cc(Cl)c1. The van der Waals surface area contributed by atoms with Crippen molar-refractivity contribution < 1.29 is 4.39 Å². The van der Waals surface area contributed by atoms with Crippen LogP contribution in [-0.2, 0) is 6.54 Å². The molecule has 0 radical (unpaired) electrons. The van der Waals surface area contributed by atoms with E-state index in [0.29, 0.717) is 16.6 Å². The Kier molecular flexibility index (Phi) is 4.10. The van der Waals surface area contributed by atoms with Crippen molar-refractivity contribution >= 4 is 28.9 Å². The lowest BCUT2D eigenvalue weighted by Crippen LogP contribution is -2.01. The first-order chi connectivity index (χ1) is 8.56. The molecule has 94 valence electrons. The molecule has 1 N–H and O–H groups in total. The van der Waals surface area contributed by atoms with Gasteiger partial charge in [0.1, 0.15) is 5.82 Å². The number of halogens is 3. The molecule has 2 rings (SSSR count). The minimum absolute atomic E-state index is 0.331. The average Bonchev–Trinajstić information content (AvgIpc) is 2.30. The van der Waals surface area contributed by atoms with Crippen LogP contribution in [0.15, 0.2) is 36.4 Å². The molecule has 0 saturated heterocycles. The van der Waals surface area contributed by atoms with Crippen molar-refractivity contribution in [1.29, 1.82) is 0 Å². The molecule has 2 aromatic rings. The molecule has 0 saturated carbocycles. The van der Waals surface area contributed by atoms with Crippen LogP contribution < -0.4 is 5.32 Å². The summed E-state index contributed by atoms with van der Waals surface area (Å²) in [7, 11) is 0. The van der Waals surface area contributed by atoms with Crippen molar-refractivity contribution in [3.63, 3.8) is 0 Å². The average molecular weight is 284 g/mol. The zero-order valence-corrected chi connectivity index (χ0v) is 11.3. The van der Waals surface area contributed by atoms with Gasteiger partial charge in [0.25, 0.3) is 0 Å². The van der Waals surface area contributed by atoms with Gasteiger partial charge in [-0.15, -0.1) is 0 Å². The lowest BCUT2D eigenvalue weighted by molar-refractivity contribution is 0.626. The van der Waals surface area contributed by atoms with Crippen LogP contribution in [0.4, 0.5) is 10.1 Å². The van der Waals surface area contributed by atoms with E-state index in [-0.39, 0.29) is 5.82 Å². The molecule has 0 aliphatic rings. The summed E-state index contributed by atoms with van der Waals surface area (Å²) in [6, 6.07) is 10.1. The van der Waals surface area contributed by atoms with Crippen LogP contribution in [0.25, 0.3) is 0 Å². The first kappa shape index (κ1) is 13.2. The predicted octanol–water partition coefficient (Wildman–Crippen LogP) is 5.05. The topological polar surface area (TPSA) is 12.0 Å². The lowest BCUT2D eigenvalue weighted by atomic mass is 10.1. The first-order valence-electron chi connectivity index (χ1n) is 5.50. The summed E-state index contributed by atoms with van der Waals surface area (Å²) in [6.07, 6.45) is 0. The maximum Gasteiger partial charge on any atom is 0.125 e. The van der Waals surface area contributed by atoms with Crippen molar-refractivity contribution in [3.8, 4) is 0 Å². The molecular weight excluding hydrogens is 272 g/mol. The van der Waals surface area contributed by atoms with Crippen molar-refractivity contribution in [2.75, 3.05) is 5.32 Å². The highest BCUT2D eigenvalue weighted by Crippen LogP contribution is 2.24. The summed E-state index contributed by atoms with van der Waals surface area (Å²) >= 11 is 11.8. The Morgan fingerprint density at radius 3 is 2.67 bits per heavy atom. The van der Waals surface area contributed by atoms with Gasteiger partial charge in [-0.25, -0.2) is 4.39 Å². The van der Waals surface area contributed by atoms with Gasteiger partial charge in [0, 0.05) is 22.3 Å². The summed E-state index contributed by atoms with van der Waals surface area (Å²) < 4.78 is 13.2. The van der Waals surface area contributed by atoms with Crippen LogP contribution in [0.3, 0.4) is 0 Å². The molecule has 0 heterocycles. The second-order valence-corrected chi connectivity index (χ2v) is 4.89. The van der Waals surface area contributed by atoms with E-state index >= 15 is 0 Å². The Bertz CT molecular complexity index is 549. The zero-order valence-electron chi connectivity index (χ0n) is 9.81. The van der Waals surface area contributed by atoms with E-state index in [1.165, 1.54) is 12.1 Å². The van der Waals surface area contributed by atoms with E-state index < -0.39 is 0 Å². The van der Waals surface area contributed by atoms with E-state index in [4.69, 9.17) is 23.2 Å². The fourth-order valence-electron chi connectivity index (χ4n) is 1.71. The number of nitrogens with one attached hydrogen (secondary N) is 1. The molecule has 0 aliphatic heterocycles. The minimum atomic E-state index is -0.331. The highest BCUT2D eigenvalue weighted by molar-refractivity contribution is 6.31. The van der Waals surface area contributed by atoms with Gasteiger partial charge >= 0.3 is 0 Å². The summed E-state index contributed by atoms with van der Waals surface area (Å²) in [5.74, 6) is -0.331. The van der Waals surface area contributed by atoms with Gasteiger partial charge < -0.3 is 5.32 Å². The molecule has 18 heavy (non-hydrogen) atoms. The number of anilines is 1. The van der Waals surface area contributed by atoms with Crippen LogP contribution in [0.2, 0.25) is 10.0 Å². The van der Waals surface area contributed by atoms with Gasteiger partial charge in [0.2, 0.25) is 0 Å². The van der Waals surface area contributed by atoms with Crippen LogP contribution in [0.5, 0.6) is 0 Å². The standard InChI is InChI=1S/C14H12Cl2FN/c1-9-13(16)3-2-4-14(9)18-8-10-5-11(15)7-12(17)6-10/h2-7,18H,8H2,1H3. The van der Waals surface area contributed by atoms with Gasteiger partial charge in [-0.1, -0.05) is 29.3 Å². The molecule has 0 atom stereocenters. The van der Waals surface area contributed by atoms with Gasteiger partial charge in [-0.2, -0.15) is 0 Å². The van der Waals surface area contributed by atoms with Crippen LogP contribution in [0.1, 0.15) is 11.1 Å². The third kappa shape index (κ3) is 3.15. The van der Waals surface area contributed by atoms with Crippen LogP contribution in [0, 0.1) is 12.7 Å². The number of benzene rings is 2. The monoisotopic (exact) mass is 283 g/mol. The largest absolute Gasteiger partial charge is 0.381 e. The van der Waals surface area contributed by atoms with Gasteiger partial charge in [-0.05, 0) is 48.4 Å². The van der Waals surface area contributed by atoms with E-state index in [0.717, 1.165) is 16.8 Å². The van der Waals surface area contributed by atoms with Gasteiger partial charge in [-0.3, -0.25) is 0 Å². The lowest BCUT2D eigenvalue weighted by Gasteiger charge is -2.11. The first-order valence-corrected chi connectivity index (χ1v) is 6.26. The number of hydrogen-bond acceptors (Lipinski definition) is 1. The molecule has 0 bridgehead atoms. The van der Waals surface area contributed by atoms with E-state index in [1.807, 2.05) is 25.1 Å². The molecule has 4 heteroatoms. The van der Waals surface area contributed by atoms with E-state index in [2.05, 4.69) is 5.32 Å². The number of rotatable bonds is 3. The Hall–Kier alpha value is -1.25. The Morgan fingerprint density at radius 2 is 1.94 bits per heavy atom. The van der Waals surface area contributed by atoms with Crippen molar-refractivity contribution in [2.45, 2.75) is 13.5 Å². The Balaban J connectivity index is 2.14.